The highest BCUT2D eigenvalue weighted by Crippen LogP contribution is 2.20. The van der Waals surface area contributed by atoms with Gasteiger partial charge < -0.3 is 15.2 Å². The van der Waals surface area contributed by atoms with E-state index >= 15 is 0 Å². The summed E-state index contributed by atoms with van der Waals surface area (Å²) in [4.78, 5) is 22.3. The second-order valence-electron chi connectivity index (χ2n) is 5.07. The summed E-state index contributed by atoms with van der Waals surface area (Å²) in [5, 5.41) is 11.5. The second-order valence-corrected chi connectivity index (χ2v) is 5.07. The van der Waals surface area contributed by atoms with Crippen LogP contribution in [0.15, 0.2) is 0 Å². The van der Waals surface area contributed by atoms with Gasteiger partial charge in [0.1, 0.15) is 5.60 Å². The predicted octanol–water partition coefficient (Wildman–Crippen LogP) is 2.01. The van der Waals surface area contributed by atoms with Crippen molar-refractivity contribution in [2.45, 2.75) is 46.6 Å². The Kier molecular flexibility index (Phi) is 4.78. The van der Waals surface area contributed by atoms with Crippen LogP contribution in [-0.4, -0.2) is 29.3 Å². The van der Waals surface area contributed by atoms with Crippen LogP contribution in [0.1, 0.15) is 41.0 Å². The van der Waals surface area contributed by atoms with Gasteiger partial charge in [-0.2, -0.15) is 0 Å². The summed E-state index contributed by atoms with van der Waals surface area (Å²) >= 11 is 0. The number of carboxylic acids is 1. The lowest BCUT2D eigenvalue weighted by Gasteiger charge is -2.25. The number of hydrogen-bond acceptors (Lipinski definition) is 3. The molecule has 94 valence electrons. The Hall–Kier alpha value is -1.26. The normalized spacial score (nSPS) is 15.1. The Morgan fingerprint density at radius 3 is 2.06 bits per heavy atom. The monoisotopic (exact) mass is 231 g/mol. The van der Waals surface area contributed by atoms with Gasteiger partial charge in [-0.3, -0.25) is 4.79 Å². The van der Waals surface area contributed by atoms with E-state index < -0.39 is 23.1 Å². The average molecular weight is 231 g/mol. The molecule has 0 aromatic rings. The first-order valence-corrected chi connectivity index (χ1v) is 5.31. The van der Waals surface area contributed by atoms with Crippen molar-refractivity contribution < 1.29 is 19.4 Å². The van der Waals surface area contributed by atoms with Crippen LogP contribution in [0, 0.1) is 5.41 Å². The number of aliphatic carboxylic acids is 1. The lowest BCUT2D eigenvalue weighted by molar-refractivity contribution is -0.147. The highest BCUT2D eigenvalue weighted by Gasteiger charge is 2.32. The summed E-state index contributed by atoms with van der Waals surface area (Å²) in [5.41, 5.74) is -1.52. The summed E-state index contributed by atoms with van der Waals surface area (Å²) in [6, 6.07) is 0. The standard InChI is InChI=1S/C11H21NO4/c1-6-11(5,8(13)14)7-12-9(15)16-10(2,3)4/h6-7H2,1-5H3,(H,12,15)(H,13,14)/t11-/m0/s1. The van der Waals surface area contributed by atoms with Crippen molar-refractivity contribution in [2.75, 3.05) is 6.54 Å². The number of hydrogen-bond donors (Lipinski definition) is 2. The molecule has 0 saturated carbocycles. The van der Waals surface area contributed by atoms with E-state index in [4.69, 9.17) is 9.84 Å². The third-order valence-electron chi connectivity index (χ3n) is 2.32. The van der Waals surface area contributed by atoms with Crippen molar-refractivity contribution in [1.82, 2.24) is 5.32 Å². The van der Waals surface area contributed by atoms with Gasteiger partial charge in [-0.1, -0.05) is 6.92 Å². The summed E-state index contributed by atoms with van der Waals surface area (Å²) in [6.07, 6.45) is -0.147. The molecule has 0 fully saturated rings. The molecule has 0 rings (SSSR count). The first kappa shape index (κ1) is 14.7. The number of nitrogens with one attached hydrogen (secondary N) is 1. The minimum Gasteiger partial charge on any atom is -0.481 e. The van der Waals surface area contributed by atoms with Gasteiger partial charge in [0, 0.05) is 6.54 Å². The minimum atomic E-state index is -0.948. The van der Waals surface area contributed by atoms with Gasteiger partial charge in [0.05, 0.1) is 5.41 Å². The maximum absolute atomic E-state index is 11.3. The molecule has 16 heavy (non-hydrogen) atoms. The van der Waals surface area contributed by atoms with Crippen molar-refractivity contribution in [3.05, 3.63) is 0 Å². The second kappa shape index (κ2) is 5.18. The van der Waals surface area contributed by atoms with Crippen LogP contribution >= 0.6 is 0 Å². The van der Waals surface area contributed by atoms with Gasteiger partial charge in [0.25, 0.3) is 0 Å². The number of amides is 1. The Morgan fingerprint density at radius 2 is 1.75 bits per heavy atom. The molecule has 0 radical (unpaired) electrons. The molecule has 5 heteroatoms. The summed E-state index contributed by atoms with van der Waals surface area (Å²) < 4.78 is 5.01. The van der Waals surface area contributed by atoms with Crippen molar-refractivity contribution in [1.29, 1.82) is 0 Å². The van der Waals surface area contributed by atoms with Crippen molar-refractivity contribution >= 4 is 12.1 Å². The Labute approximate surface area is 96.2 Å². The molecule has 0 aliphatic heterocycles. The van der Waals surface area contributed by atoms with Gasteiger partial charge in [-0.25, -0.2) is 4.79 Å². The van der Waals surface area contributed by atoms with E-state index in [9.17, 15) is 9.59 Å². The Morgan fingerprint density at radius 1 is 1.25 bits per heavy atom. The third kappa shape index (κ3) is 5.00. The third-order valence-corrected chi connectivity index (χ3v) is 2.32. The number of rotatable bonds is 4. The fourth-order valence-corrected chi connectivity index (χ4v) is 0.933. The Balaban J connectivity index is 4.24. The van der Waals surface area contributed by atoms with Crippen LogP contribution in [0.4, 0.5) is 4.79 Å². The zero-order valence-corrected chi connectivity index (χ0v) is 10.6. The number of carboxylic acid groups (broad SMARTS) is 1. The number of alkyl carbamates (subject to hydrolysis) is 1. The van der Waals surface area contributed by atoms with Crippen LogP contribution in [0.5, 0.6) is 0 Å². The first-order chi connectivity index (χ1) is 7.10. The number of carbonyl (C=O) groups is 2. The zero-order valence-electron chi connectivity index (χ0n) is 10.6. The van der Waals surface area contributed by atoms with E-state index in [2.05, 4.69) is 5.32 Å². The van der Waals surface area contributed by atoms with Crippen molar-refractivity contribution in [3.63, 3.8) is 0 Å². The molecule has 0 aromatic carbocycles. The van der Waals surface area contributed by atoms with Crippen LogP contribution in [-0.2, 0) is 9.53 Å². The van der Waals surface area contributed by atoms with Crippen LogP contribution in [0.2, 0.25) is 0 Å². The van der Waals surface area contributed by atoms with Gasteiger partial charge in [-0.05, 0) is 34.1 Å². The molecule has 0 heterocycles. The molecule has 0 aliphatic rings. The summed E-state index contributed by atoms with van der Waals surface area (Å²) in [5.74, 6) is -0.925. The molecule has 1 atom stereocenters. The minimum absolute atomic E-state index is 0.0632. The van der Waals surface area contributed by atoms with Crippen molar-refractivity contribution in [3.8, 4) is 0 Å². The zero-order chi connectivity index (χ0) is 13.0. The SMILES string of the molecule is CC[C@@](C)(CNC(=O)OC(C)(C)C)C(=O)O. The molecule has 5 nitrogen and oxygen atoms in total. The molecule has 1 amide bonds. The molecule has 0 saturated heterocycles. The molecule has 2 N–H and O–H groups in total. The topological polar surface area (TPSA) is 75.6 Å². The fourth-order valence-electron chi connectivity index (χ4n) is 0.933. The maximum Gasteiger partial charge on any atom is 0.407 e. The lowest BCUT2D eigenvalue weighted by Crippen LogP contribution is -2.42. The van der Waals surface area contributed by atoms with E-state index in [0.717, 1.165) is 0 Å². The molecular formula is C11H21NO4. The molecule has 0 aromatic heterocycles. The molecule has 0 spiro atoms. The van der Waals surface area contributed by atoms with Gasteiger partial charge >= 0.3 is 12.1 Å². The van der Waals surface area contributed by atoms with Crippen LogP contribution in [0.3, 0.4) is 0 Å². The first-order valence-electron chi connectivity index (χ1n) is 5.31. The van der Waals surface area contributed by atoms with E-state index in [1.54, 1.807) is 34.6 Å². The molecule has 0 unspecified atom stereocenters. The van der Waals surface area contributed by atoms with Crippen LogP contribution < -0.4 is 5.32 Å². The van der Waals surface area contributed by atoms with E-state index in [1.807, 2.05) is 0 Å². The van der Waals surface area contributed by atoms with Gasteiger partial charge in [0.2, 0.25) is 0 Å². The summed E-state index contributed by atoms with van der Waals surface area (Å²) in [6.45, 7) is 8.68. The van der Waals surface area contributed by atoms with Crippen molar-refractivity contribution in [2.24, 2.45) is 5.41 Å². The van der Waals surface area contributed by atoms with Crippen LogP contribution in [0.25, 0.3) is 0 Å². The van der Waals surface area contributed by atoms with E-state index in [1.165, 1.54) is 0 Å². The average Bonchev–Trinajstić information content (AvgIpc) is 2.11. The summed E-state index contributed by atoms with van der Waals surface area (Å²) in [7, 11) is 0. The Bertz CT molecular complexity index is 270. The highest BCUT2D eigenvalue weighted by molar-refractivity contribution is 5.76. The quantitative estimate of drug-likeness (QED) is 0.776. The number of carbonyl (C=O) groups excluding carboxylic acids is 1. The van der Waals surface area contributed by atoms with E-state index in [0.29, 0.717) is 6.42 Å². The largest absolute Gasteiger partial charge is 0.481 e. The van der Waals surface area contributed by atoms with E-state index in [-0.39, 0.29) is 6.54 Å². The molecule has 0 aliphatic carbocycles. The van der Waals surface area contributed by atoms with Gasteiger partial charge in [-0.15, -0.1) is 0 Å². The lowest BCUT2D eigenvalue weighted by atomic mass is 9.88. The smallest absolute Gasteiger partial charge is 0.407 e. The maximum atomic E-state index is 11.3. The fraction of sp³-hybridized carbons (Fsp3) is 0.818. The number of ether oxygens (including phenoxy) is 1. The molecular weight excluding hydrogens is 210 g/mol. The van der Waals surface area contributed by atoms with Gasteiger partial charge in [0.15, 0.2) is 0 Å². The molecule has 0 bridgehead atoms. The predicted molar refractivity (Wildman–Crippen MR) is 60.3 cm³/mol. The highest BCUT2D eigenvalue weighted by atomic mass is 16.6.